The molecule has 1 aromatic carbocycles. The Kier molecular flexibility index (Phi) is 4.86. The molecule has 5 heteroatoms. The van der Waals surface area contributed by atoms with Gasteiger partial charge in [-0.15, -0.1) is 0 Å². The number of carbonyl (C=O) groups excluding carboxylic acids is 1. The van der Waals surface area contributed by atoms with Crippen LogP contribution in [-0.4, -0.2) is 11.9 Å². The minimum absolute atomic E-state index is 0.0219. The molecule has 3 N–H and O–H groups in total. The number of carbonyl (C=O) groups is 1. The molecule has 0 spiro atoms. The molecule has 92 valence electrons. The summed E-state index contributed by atoms with van der Waals surface area (Å²) >= 11 is 0. The Morgan fingerprint density at radius 2 is 2.06 bits per heavy atom. The molecule has 1 amide bonds. The molecular formula is C13H14N4O. The van der Waals surface area contributed by atoms with Crippen molar-refractivity contribution >= 4 is 11.6 Å². The van der Waals surface area contributed by atoms with E-state index < -0.39 is 0 Å². The normalized spacial score (nSPS) is 11.1. The van der Waals surface area contributed by atoms with E-state index >= 15 is 0 Å². The minimum atomic E-state index is -0.152. The summed E-state index contributed by atoms with van der Waals surface area (Å²) in [6, 6.07) is 8.41. The zero-order valence-corrected chi connectivity index (χ0v) is 10.1. The first-order chi connectivity index (χ1) is 8.56. The summed E-state index contributed by atoms with van der Waals surface area (Å²) in [5.74, 6) is -0.152. The highest BCUT2D eigenvalue weighted by Crippen LogP contribution is 2.15. The quantitative estimate of drug-likeness (QED) is 0.834. The molecule has 1 aromatic rings. The van der Waals surface area contributed by atoms with Gasteiger partial charge in [-0.25, -0.2) is 0 Å². The monoisotopic (exact) mass is 242 g/mol. The molecule has 18 heavy (non-hydrogen) atoms. The van der Waals surface area contributed by atoms with E-state index in [1.165, 1.54) is 12.1 Å². The summed E-state index contributed by atoms with van der Waals surface area (Å²) in [6.07, 6.45) is 0.937. The number of nitrogens with two attached hydrogens (primary N) is 1. The van der Waals surface area contributed by atoms with Crippen LogP contribution in [0.3, 0.4) is 0 Å². The number of rotatable bonds is 4. The second-order valence-corrected chi connectivity index (χ2v) is 4.05. The van der Waals surface area contributed by atoms with Crippen molar-refractivity contribution in [2.24, 2.45) is 5.73 Å². The molecular weight excluding hydrogens is 228 g/mol. The van der Waals surface area contributed by atoms with Crippen molar-refractivity contribution in [2.75, 3.05) is 5.32 Å². The van der Waals surface area contributed by atoms with Gasteiger partial charge < -0.3 is 11.1 Å². The molecule has 0 fully saturated rings. The number of hydrogen-bond donors (Lipinski definition) is 2. The van der Waals surface area contributed by atoms with Gasteiger partial charge in [-0.2, -0.15) is 10.5 Å². The third-order valence-corrected chi connectivity index (χ3v) is 2.37. The Morgan fingerprint density at radius 3 is 2.61 bits per heavy atom. The van der Waals surface area contributed by atoms with Crippen LogP contribution in [0.5, 0.6) is 0 Å². The third kappa shape index (κ3) is 3.89. The first kappa shape index (κ1) is 13.7. The number of nitrogens with zero attached hydrogens (tertiary/aromatic N) is 2. The van der Waals surface area contributed by atoms with Gasteiger partial charge >= 0.3 is 0 Å². The highest BCUT2D eigenvalue weighted by atomic mass is 16.1. The summed E-state index contributed by atoms with van der Waals surface area (Å²) in [4.78, 5) is 11.6. The lowest BCUT2D eigenvalue weighted by Gasteiger charge is -2.07. The second-order valence-electron chi connectivity index (χ2n) is 4.05. The van der Waals surface area contributed by atoms with Crippen LogP contribution < -0.4 is 11.1 Å². The van der Waals surface area contributed by atoms with Crippen molar-refractivity contribution in [3.05, 3.63) is 29.3 Å². The first-order valence-electron chi connectivity index (χ1n) is 5.56. The molecule has 1 rings (SSSR count). The molecule has 0 radical (unpaired) electrons. The van der Waals surface area contributed by atoms with Crippen LogP contribution in [0.1, 0.15) is 30.9 Å². The fourth-order valence-electron chi connectivity index (χ4n) is 1.39. The maximum Gasteiger partial charge on any atom is 0.224 e. The zero-order chi connectivity index (χ0) is 13.5. The van der Waals surface area contributed by atoms with Gasteiger partial charge in [0.05, 0.1) is 11.1 Å². The van der Waals surface area contributed by atoms with Crippen LogP contribution in [-0.2, 0) is 4.79 Å². The maximum absolute atomic E-state index is 11.6. The lowest BCUT2D eigenvalue weighted by Crippen LogP contribution is -2.19. The van der Waals surface area contributed by atoms with E-state index in [4.69, 9.17) is 16.3 Å². The van der Waals surface area contributed by atoms with Gasteiger partial charge in [0.2, 0.25) is 5.91 Å². The van der Waals surface area contributed by atoms with E-state index in [2.05, 4.69) is 5.32 Å². The van der Waals surface area contributed by atoms with E-state index in [0.29, 0.717) is 24.1 Å². The molecule has 0 heterocycles. The van der Waals surface area contributed by atoms with Gasteiger partial charge in [0.15, 0.2) is 0 Å². The molecule has 0 aliphatic heterocycles. The van der Waals surface area contributed by atoms with E-state index in [1.54, 1.807) is 6.07 Å². The zero-order valence-electron chi connectivity index (χ0n) is 10.1. The van der Waals surface area contributed by atoms with Crippen molar-refractivity contribution in [3.8, 4) is 12.1 Å². The molecule has 0 aromatic heterocycles. The van der Waals surface area contributed by atoms with Crippen molar-refractivity contribution in [2.45, 2.75) is 25.8 Å². The molecule has 1 atom stereocenters. The van der Waals surface area contributed by atoms with E-state index in [-0.39, 0.29) is 17.5 Å². The van der Waals surface area contributed by atoms with Gasteiger partial charge in [0.25, 0.3) is 0 Å². The second kappa shape index (κ2) is 6.39. The summed E-state index contributed by atoms with van der Waals surface area (Å²) in [7, 11) is 0. The Hall–Kier alpha value is -2.37. The summed E-state index contributed by atoms with van der Waals surface area (Å²) < 4.78 is 0. The van der Waals surface area contributed by atoms with E-state index in [0.717, 1.165) is 0 Å². The number of benzene rings is 1. The Labute approximate surface area is 106 Å². The van der Waals surface area contributed by atoms with Crippen LogP contribution in [0.25, 0.3) is 0 Å². The van der Waals surface area contributed by atoms with Crippen LogP contribution in [0.4, 0.5) is 5.69 Å². The lowest BCUT2D eigenvalue weighted by atomic mass is 10.1. The number of hydrogen-bond acceptors (Lipinski definition) is 4. The summed E-state index contributed by atoms with van der Waals surface area (Å²) in [5.41, 5.74) is 6.62. The minimum Gasteiger partial charge on any atom is -0.328 e. The Balaban J connectivity index is 2.72. The molecule has 0 aliphatic rings. The van der Waals surface area contributed by atoms with E-state index in [9.17, 15) is 4.79 Å². The molecule has 0 saturated carbocycles. The number of anilines is 1. The summed E-state index contributed by atoms with van der Waals surface area (Å²) in [6.45, 7) is 1.84. The SMILES string of the molecule is CC(N)CCC(=O)Nc1ccc(C#N)c(C#N)c1. The van der Waals surface area contributed by atoms with Crippen molar-refractivity contribution < 1.29 is 4.79 Å². The van der Waals surface area contributed by atoms with Gasteiger partial charge in [-0.05, 0) is 31.5 Å². The van der Waals surface area contributed by atoms with Gasteiger partial charge in [-0.3, -0.25) is 4.79 Å². The number of amides is 1. The molecule has 0 saturated heterocycles. The van der Waals surface area contributed by atoms with Crippen LogP contribution in [0.15, 0.2) is 18.2 Å². The van der Waals surface area contributed by atoms with Crippen LogP contribution >= 0.6 is 0 Å². The molecule has 5 nitrogen and oxygen atoms in total. The largest absolute Gasteiger partial charge is 0.328 e. The molecule has 0 aliphatic carbocycles. The number of nitrogens with one attached hydrogen (secondary N) is 1. The van der Waals surface area contributed by atoms with Crippen molar-refractivity contribution in [3.63, 3.8) is 0 Å². The fraction of sp³-hybridized carbons (Fsp3) is 0.308. The predicted molar refractivity (Wildman–Crippen MR) is 67.4 cm³/mol. The Morgan fingerprint density at radius 1 is 1.39 bits per heavy atom. The van der Waals surface area contributed by atoms with Crippen LogP contribution in [0, 0.1) is 22.7 Å². The van der Waals surface area contributed by atoms with Crippen molar-refractivity contribution in [1.29, 1.82) is 10.5 Å². The topological polar surface area (TPSA) is 103 Å². The lowest BCUT2D eigenvalue weighted by molar-refractivity contribution is -0.116. The molecule has 0 bridgehead atoms. The third-order valence-electron chi connectivity index (χ3n) is 2.37. The van der Waals surface area contributed by atoms with E-state index in [1.807, 2.05) is 19.1 Å². The smallest absolute Gasteiger partial charge is 0.224 e. The predicted octanol–water partition coefficient (Wildman–Crippen LogP) is 1.50. The fourth-order valence-corrected chi connectivity index (χ4v) is 1.39. The Bertz CT molecular complexity index is 523. The maximum atomic E-state index is 11.6. The summed E-state index contributed by atoms with van der Waals surface area (Å²) in [5, 5.41) is 20.3. The van der Waals surface area contributed by atoms with Crippen molar-refractivity contribution in [1.82, 2.24) is 0 Å². The highest BCUT2D eigenvalue weighted by Gasteiger charge is 2.07. The average molecular weight is 242 g/mol. The standard InChI is InChI=1S/C13H14N4O/c1-9(16)2-5-13(18)17-12-4-3-10(7-14)11(6-12)8-15/h3-4,6,9H,2,5,16H2,1H3,(H,17,18). The number of nitriles is 2. The van der Waals surface area contributed by atoms with Gasteiger partial charge in [-0.1, -0.05) is 0 Å². The molecule has 1 unspecified atom stereocenters. The average Bonchev–Trinajstić information content (AvgIpc) is 2.36. The van der Waals surface area contributed by atoms with Gasteiger partial charge in [0, 0.05) is 18.2 Å². The first-order valence-corrected chi connectivity index (χ1v) is 5.56. The highest BCUT2D eigenvalue weighted by molar-refractivity contribution is 5.91. The van der Waals surface area contributed by atoms with Crippen LogP contribution in [0.2, 0.25) is 0 Å². The van der Waals surface area contributed by atoms with Gasteiger partial charge in [0.1, 0.15) is 12.1 Å².